The van der Waals surface area contributed by atoms with Gasteiger partial charge in [-0.2, -0.15) is 0 Å². The molecule has 0 aliphatic rings. The summed E-state index contributed by atoms with van der Waals surface area (Å²) in [5, 5.41) is 19.5. The second-order valence-electron chi connectivity index (χ2n) is 5.81. The van der Waals surface area contributed by atoms with Crippen molar-refractivity contribution in [1.29, 1.82) is 0 Å². The van der Waals surface area contributed by atoms with Crippen LogP contribution in [-0.4, -0.2) is 10.2 Å². The first-order chi connectivity index (χ1) is 8.90. The van der Waals surface area contributed by atoms with Crippen molar-refractivity contribution in [1.82, 2.24) is 0 Å². The number of phenols is 2. The van der Waals surface area contributed by atoms with E-state index >= 15 is 0 Å². The highest BCUT2D eigenvalue weighted by atomic mass is 16.3. The van der Waals surface area contributed by atoms with Crippen LogP contribution >= 0.6 is 0 Å². The molecular formula is C17H26O2. The average Bonchev–Trinajstić information content (AvgIpc) is 2.31. The highest BCUT2D eigenvalue weighted by molar-refractivity contribution is 5.45. The number of aryl methyl sites for hydroxylation is 1. The Morgan fingerprint density at radius 2 is 1.89 bits per heavy atom. The number of rotatable bonds is 6. The van der Waals surface area contributed by atoms with Crippen molar-refractivity contribution in [3.8, 4) is 11.5 Å². The molecule has 0 radical (unpaired) electrons. The lowest BCUT2D eigenvalue weighted by atomic mass is 10.0. The monoisotopic (exact) mass is 262 g/mol. The van der Waals surface area contributed by atoms with E-state index in [9.17, 15) is 10.2 Å². The van der Waals surface area contributed by atoms with Crippen LogP contribution in [0.2, 0.25) is 0 Å². The van der Waals surface area contributed by atoms with Gasteiger partial charge in [-0.15, -0.1) is 0 Å². The van der Waals surface area contributed by atoms with E-state index in [-0.39, 0.29) is 11.5 Å². The van der Waals surface area contributed by atoms with Gasteiger partial charge in [-0.05, 0) is 56.7 Å². The Kier molecular flexibility index (Phi) is 5.94. The lowest BCUT2D eigenvalue weighted by Gasteiger charge is -2.07. The maximum Gasteiger partial charge on any atom is 0.119 e. The van der Waals surface area contributed by atoms with E-state index in [0.29, 0.717) is 12.0 Å². The van der Waals surface area contributed by atoms with Crippen molar-refractivity contribution in [2.45, 2.75) is 53.4 Å². The molecule has 0 amide bonds. The summed E-state index contributed by atoms with van der Waals surface area (Å²) in [5.41, 5.74) is 2.84. The van der Waals surface area contributed by atoms with E-state index < -0.39 is 0 Å². The van der Waals surface area contributed by atoms with Crippen LogP contribution in [0.5, 0.6) is 11.5 Å². The van der Waals surface area contributed by atoms with Crippen molar-refractivity contribution in [2.75, 3.05) is 0 Å². The van der Waals surface area contributed by atoms with E-state index in [1.807, 2.05) is 0 Å². The van der Waals surface area contributed by atoms with Crippen LogP contribution in [0.4, 0.5) is 0 Å². The number of aromatic hydroxyl groups is 2. The molecule has 0 aliphatic heterocycles. The van der Waals surface area contributed by atoms with E-state index in [2.05, 4.69) is 26.8 Å². The zero-order chi connectivity index (χ0) is 14.4. The first-order valence-corrected chi connectivity index (χ1v) is 7.07. The van der Waals surface area contributed by atoms with Gasteiger partial charge in [0.1, 0.15) is 11.5 Å². The Hall–Kier alpha value is -1.44. The van der Waals surface area contributed by atoms with E-state index in [1.54, 1.807) is 19.1 Å². The largest absolute Gasteiger partial charge is 0.508 e. The number of hydrogen-bond donors (Lipinski definition) is 2. The minimum absolute atomic E-state index is 0.249. The van der Waals surface area contributed by atoms with Crippen LogP contribution in [0.1, 0.15) is 51.2 Å². The summed E-state index contributed by atoms with van der Waals surface area (Å²) in [4.78, 5) is 0. The first kappa shape index (κ1) is 15.6. The molecule has 0 atom stereocenters. The molecule has 1 aromatic rings. The molecule has 2 heteroatoms. The van der Waals surface area contributed by atoms with Crippen LogP contribution in [-0.2, 0) is 6.42 Å². The topological polar surface area (TPSA) is 40.5 Å². The summed E-state index contributed by atoms with van der Waals surface area (Å²) in [6, 6.07) is 3.27. The normalized spacial score (nSPS) is 12.2. The van der Waals surface area contributed by atoms with Crippen LogP contribution in [0.15, 0.2) is 23.8 Å². The zero-order valence-electron chi connectivity index (χ0n) is 12.5. The molecule has 1 rings (SSSR count). The summed E-state index contributed by atoms with van der Waals surface area (Å²) >= 11 is 0. The zero-order valence-corrected chi connectivity index (χ0v) is 12.5. The molecular weight excluding hydrogens is 236 g/mol. The molecule has 1 aromatic carbocycles. The van der Waals surface area contributed by atoms with Crippen LogP contribution in [0.25, 0.3) is 0 Å². The third-order valence-electron chi connectivity index (χ3n) is 3.42. The van der Waals surface area contributed by atoms with Gasteiger partial charge >= 0.3 is 0 Å². The second-order valence-corrected chi connectivity index (χ2v) is 5.81. The number of benzene rings is 1. The Morgan fingerprint density at radius 3 is 2.53 bits per heavy atom. The third kappa shape index (κ3) is 5.37. The van der Waals surface area contributed by atoms with E-state index in [4.69, 9.17) is 0 Å². The lowest BCUT2D eigenvalue weighted by molar-refractivity contribution is 0.452. The maximum absolute atomic E-state index is 9.84. The predicted molar refractivity (Wildman–Crippen MR) is 80.7 cm³/mol. The quantitative estimate of drug-likeness (QED) is 0.575. The molecule has 0 aromatic heterocycles. The van der Waals surface area contributed by atoms with Gasteiger partial charge in [-0.3, -0.25) is 0 Å². The summed E-state index contributed by atoms with van der Waals surface area (Å²) in [6.45, 7) is 8.40. The molecule has 106 valence electrons. The highest BCUT2D eigenvalue weighted by Crippen LogP contribution is 2.27. The molecule has 0 fully saturated rings. The fraction of sp³-hybridized carbons (Fsp3) is 0.529. The summed E-state index contributed by atoms with van der Waals surface area (Å²) in [5.74, 6) is 1.27. The van der Waals surface area contributed by atoms with Gasteiger partial charge in [0, 0.05) is 5.56 Å². The Morgan fingerprint density at radius 1 is 1.21 bits per heavy atom. The van der Waals surface area contributed by atoms with Crippen LogP contribution in [0, 0.1) is 12.8 Å². The van der Waals surface area contributed by atoms with Crippen molar-refractivity contribution in [3.05, 3.63) is 34.9 Å². The molecule has 0 saturated carbocycles. The second kappa shape index (κ2) is 7.22. The van der Waals surface area contributed by atoms with Crippen molar-refractivity contribution in [2.24, 2.45) is 5.92 Å². The molecule has 0 bridgehead atoms. The average molecular weight is 262 g/mol. The predicted octanol–water partition coefficient (Wildman–Crippen LogP) is 4.72. The van der Waals surface area contributed by atoms with Crippen molar-refractivity contribution >= 4 is 0 Å². The Balaban J connectivity index is 2.57. The minimum atomic E-state index is 0.249. The van der Waals surface area contributed by atoms with Gasteiger partial charge in [0.25, 0.3) is 0 Å². The van der Waals surface area contributed by atoms with Crippen LogP contribution in [0.3, 0.4) is 0 Å². The molecule has 0 aliphatic carbocycles. The number of hydrogen-bond acceptors (Lipinski definition) is 2. The van der Waals surface area contributed by atoms with E-state index in [0.717, 1.165) is 17.9 Å². The number of allylic oxidation sites excluding steroid dienone is 2. The molecule has 2 nitrogen and oxygen atoms in total. The molecule has 0 heterocycles. The highest BCUT2D eigenvalue weighted by Gasteiger charge is 2.05. The SMILES string of the molecule is C/C(=C\Cc1cc(O)c(C)cc1O)CCCC(C)C. The minimum Gasteiger partial charge on any atom is -0.508 e. The smallest absolute Gasteiger partial charge is 0.119 e. The van der Waals surface area contributed by atoms with Gasteiger partial charge in [0.2, 0.25) is 0 Å². The Bertz CT molecular complexity index is 445. The standard InChI is InChI=1S/C17H26O2/c1-12(2)6-5-7-13(3)8-9-15-11-16(18)14(4)10-17(15)19/h8,10-12,18-19H,5-7,9H2,1-4H3/b13-8+. The fourth-order valence-electron chi connectivity index (χ4n) is 2.06. The fourth-order valence-corrected chi connectivity index (χ4v) is 2.06. The summed E-state index contributed by atoms with van der Waals surface area (Å²) in [7, 11) is 0. The van der Waals surface area contributed by atoms with Gasteiger partial charge in [0.15, 0.2) is 0 Å². The third-order valence-corrected chi connectivity index (χ3v) is 3.42. The summed E-state index contributed by atoms with van der Waals surface area (Å²) in [6.07, 6.45) is 6.39. The van der Waals surface area contributed by atoms with Gasteiger partial charge in [-0.1, -0.05) is 31.9 Å². The van der Waals surface area contributed by atoms with Gasteiger partial charge in [-0.25, -0.2) is 0 Å². The molecule has 19 heavy (non-hydrogen) atoms. The van der Waals surface area contributed by atoms with Crippen molar-refractivity contribution in [3.63, 3.8) is 0 Å². The Labute approximate surface area is 116 Å². The summed E-state index contributed by atoms with van der Waals surface area (Å²) < 4.78 is 0. The maximum atomic E-state index is 9.84. The molecule has 0 unspecified atom stereocenters. The van der Waals surface area contributed by atoms with Gasteiger partial charge < -0.3 is 10.2 Å². The van der Waals surface area contributed by atoms with Crippen LogP contribution < -0.4 is 0 Å². The molecule has 0 saturated heterocycles. The molecule has 0 spiro atoms. The molecule has 2 N–H and O–H groups in total. The number of phenolic OH excluding ortho intramolecular Hbond substituents is 2. The first-order valence-electron chi connectivity index (χ1n) is 7.07. The lowest BCUT2D eigenvalue weighted by Crippen LogP contribution is -1.89. The van der Waals surface area contributed by atoms with Crippen molar-refractivity contribution < 1.29 is 10.2 Å². The van der Waals surface area contributed by atoms with E-state index in [1.165, 1.54) is 18.4 Å². The van der Waals surface area contributed by atoms with Gasteiger partial charge in [0.05, 0.1) is 0 Å².